The van der Waals surface area contributed by atoms with Gasteiger partial charge in [0, 0.05) is 9.13 Å². The van der Waals surface area contributed by atoms with Crippen LogP contribution in [0.5, 0.6) is 5.75 Å². The fraction of sp³-hybridized carbons (Fsp3) is 0. The Morgan fingerprint density at radius 1 is 0.769 bits per heavy atom. The van der Waals surface area contributed by atoms with E-state index in [9.17, 15) is 14.7 Å². The van der Waals surface area contributed by atoms with Gasteiger partial charge in [-0.25, -0.2) is 0 Å². The van der Waals surface area contributed by atoms with Crippen molar-refractivity contribution < 1.29 is 14.7 Å². The maximum atomic E-state index is 12.7. The van der Waals surface area contributed by atoms with E-state index in [1.807, 2.05) is 6.07 Å². The summed E-state index contributed by atoms with van der Waals surface area (Å²) < 4.78 is 0.850. The first-order chi connectivity index (χ1) is 12.5. The van der Waals surface area contributed by atoms with Crippen molar-refractivity contribution in [3.63, 3.8) is 0 Å². The van der Waals surface area contributed by atoms with E-state index in [0.29, 0.717) is 22.5 Å². The molecule has 26 heavy (non-hydrogen) atoms. The molecule has 0 aliphatic carbocycles. The van der Waals surface area contributed by atoms with Crippen LogP contribution >= 0.6 is 22.6 Å². The van der Waals surface area contributed by atoms with Crippen LogP contribution in [0.3, 0.4) is 0 Å². The fourth-order valence-corrected chi connectivity index (χ4v) is 2.86. The SMILES string of the molecule is O=C(Nc1ccc(I)cc1C(=O)Nc1ccccc1O)c1ccccc1. The molecule has 0 aliphatic rings. The highest BCUT2D eigenvalue weighted by molar-refractivity contribution is 14.1. The Morgan fingerprint density at radius 2 is 1.42 bits per heavy atom. The lowest BCUT2D eigenvalue weighted by Gasteiger charge is -2.13. The van der Waals surface area contributed by atoms with Gasteiger partial charge in [-0.1, -0.05) is 30.3 Å². The predicted octanol–water partition coefficient (Wildman–Crippen LogP) is 4.50. The van der Waals surface area contributed by atoms with Gasteiger partial charge in [0.25, 0.3) is 11.8 Å². The van der Waals surface area contributed by atoms with Crippen LogP contribution in [-0.2, 0) is 0 Å². The highest BCUT2D eigenvalue weighted by Crippen LogP contribution is 2.25. The zero-order valence-corrected chi connectivity index (χ0v) is 15.7. The monoisotopic (exact) mass is 458 g/mol. The van der Waals surface area contributed by atoms with Crippen LogP contribution < -0.4 is 10.6 Å². The van der Waals surface area contributed by atoms with Gasteiger partial charge >= 0.3 is 0 Å². The minimum absolute atomic E-state index is 0.0265. The third-order valence-corrected chi connectivity index (χ3v) is 4.33. The highest BCUT2D eigenvalue weighted by Gasteiger charge is 2.16. The van der Waals surface area contributed by atoms with Crippen LogP contribution in [0.25, 0.3) is 0 Å². The van der Waals surface area contributed by atoms with E-state index in [1.54, 1.807) is 60.7 Å². The molecular weight excluding hydrogens is 443 g/mol. The van der Waals surface area contributed by atoms with E-state index in [4.69, 9.17) is 0 Å². The molecule has 3 aromatic carbocycles. The second-order valence-electron chi connectivity index (χ2n) is 5.48. The van der Waals surface area contributed by atoms with E-state index < -0.39 is 5.91 Å². The van der Waals surface area contributed by atoms with E-state index in [1.165, 1.54) is 6.07 Å². The first-order valence-electron chi connectivity index (χ1n) is 7.80. The zero-order chi connectivity index (χ0) is 18.5. The van der Waals surface area contributed by atoms with Crippen LogP contribution in [0.15, 0.2) is 72.8 Å². The summed E-state index contributed by atoms with van der Waals surface area (Å²) in [4.78, 5) is 25.1. The number of para-hydroxylation sites is 2. The topological polar surface area (TPSA) is 78.4 Å². The average molecular weight is 458 g/mol. The molecule has 0 fully saturated rings. The summed E-state index contributed by atoms with van der Waals surface area (Å²) in [6.07, 6.45) is 0. The van der Waals surface area contributed by atoms with E-state index in [0.717, 1.165) is 3.57 Å². The lowest BCUT2D eigenvalue weighted by Crippen LogP contribution is -2.18. The Kier molecular flexibility index (Phi) is 5.52. The van der Waals surface area contributed by atoms with Gasteiger partial charge in [0.05, 0.1) is 16.9 Å². The van der Waals surface area contributed by atoms with Crippen molar-refractivity contribution in [2.45, 2.75) is 0 Å². The largest absolute Gasteiger partial charge is 0.506 e. The van der Waals surface area contributed by atoms with Gasteiger partial charge < -0.3 is 15.7 Å². The van der Waals surface area contributed by atoms with E-state index >= 15 is 0 Å². The van der Waals surface area contributed by atoms with Gasteiger partial charge in [-0.3, -0.25) is 9.59 Å². The van der Waals surface area contributed by atoms with Gasteiger partial charge in [0.1, 0.15) is 5.75 Å². The van der Waals surface area contributed by atoms with Crippen LogP contribution in [0.1, 0.15) is 20.7 Å². The minimum Gasteiger partial charge on any atom is -0.506 e. The maximum absolute atomic E-state index is 12.7. The number of hydrogen-bond acceptors (Lipinski definition) is 3. The highest BCUT2D eigenvalue weighted by atomic mass is 127. The van der Waals surface area contributed by atoms with Crippen molar-refractivity contribution in [3.8, 4) is 5.75 Å². The summed E-state index contributed by atoms with van der Waals surface area (Å²) in [7, 11) is 0. The number of aromatic hydroxyl groups is 1. The van der Waals surface area contributed by atoms with Crippen LogP contribution in [0, 0.1) is 3.57 Å². The molecule has 0 atom stereocenters. The van der Waals surface area contributed by atoms with Crippen LogP contribution in [0.4, 0.5) is 11.4 Å². The molecule has 0 unspecified atom stereocenters. The summed E-state index contributed by atoms with van der Waals surface area (Å²) in [5.74, 6) is -0.752. The molecule has 0 saturated heterocycles. The fourth-order valence-electron chi connectivity index (χ4n) is 2.37. The lowest BCUT2D eigenvalue weighted by atomic mass is 10.1. The predicted molar refractivity (Wildman–Crippen MR) is 110 cm³/mol. The van der Waals surface area contributed by atoms with Crippen molar-refractivity contribution in [2.24, 2.45) is 0 Å². The van der Waals surface area contributed by atoms with Crippen molar-refractivity contribution in [2.75, 3.05) is 10.6 Å². The summed E-state index contributed by atoms with van der Waals surface area (Å²) >= 11 is 2.10. The van der Waals surface area contributed by atoms with Gasteiger partial charge in [0.2, 0.25) is 0 Å². The molecule has 3 N–H and O–H groups in total. The lowest BCUT2D eigenvalue weighted by molar-refractivity contribution is 0.102. The first kappa shape index (κ1) is 17.9. The molecule has 0 saturated carbocycles. The number of phenols is 1. The molecule has 0 bridgehead atoms. The summed E-state index contributed by atoms with van der Waals surface area (Å²) in [5, 5.41) is 15.3. The Balaban J connectivity index is 1.87. The molecule has 2 amide bonds. The van der Waals surface area contributed by atoms with Crippen molar-refractivity contribution in [1.82, 2.24) is 0 Å². The van der Waals surface area contributed by atoms with E-state index in [2.05, 4.69) is 33.2 Å². The second kappa shape index (κ2) is 8.01. The number of amides is 2. The van der Waals surface area contributed by atoms with Crippen LogP contribution in [0.2, 0.25) is 0 Å². The normalized spacial score (nSPS) is 10.2. The molecular formula is C20H15IN2O3. The summed E-state index contributed by atoms with van der Waals surface area (Å²) in [6.45, 7) is 0. The van der Waals surface area contributed by atoms with Gasteiger partial charge in [-0.15, -0.1) is 0 Å². The quantitative estimate of drug-likeness (QED) is 0.398. The Hall–Kier alpha value is -2.87. The molecule has 0 aromatic heterocycles. The Bertz CT molecular complexity index is 958. The third kappa shape index (κ3) is 4.20. The number of halogens is 1. The molecule has 3 rings (SSSR count). The number of rotatable bonds is 4. The maximum Gasteiger partial charge on any atom is 0.257 e. The molecule has 5 nitrogen and oxygen atoms in total. The number of benzene rings is 3. The number of hydrogen-bond donors (Lipinski definition) is 3. The summed E-state index contributed by atoms with van der Waals surface area (Å²) in [5.41, 5.74) is 1.51. The van der Waals surface area contributed by atoms with Crippen molar-refractivity contribution >= 4 is 45.8 Å². The van der Waals surface area contributed by atoms with Crippen LogP contribution in [-0.4, -0.2) is 16.9 Å². The van der Waals surface area contributed by atoms with Gasteiger partial charge in [-0.2, -0.15) is 0 Å². The molecule has 6 heteroatoms. The van der Waals surface area contributed by atoms with Gasteiger partial charge in [-0.05, 0) is 65.1 Å². The number of phenolic OH excluding ortho intramolecular Hbond substituents is 1. The Labute approximate surface area is 164 Å². The first-order valence-corrected chi connectivity index (χ1v) is 8.88. The van der Waals surface area contributed by atoms with Crippen molar-refractivity contribution in [3.05, 3.63) is 87.5 Å². The average Bonchev–Trinajstić information content (AvgIpc) is 2.65. The van der Waals surface area contributed by atoms with Gasteiger partial charge in [0.15, 0.2) is 0 Å². The number of carbonyl (C=O) groups is 2. The summed E-state index contributed by atoms with van der Waals surface area (Å²) in [6, 6.07) is 20.4. The molecule has 0 aliphatic heterocycles. The second-order valence-corrected chi connectivity index (χ2v) is 6.73. The molecule has 0 radical (unpaired) electrons. The van der Waals surface area contributed by atoms with E-state index in [-0.39, 0.29) is 11.7 Å². The standard InChI is InChI=1S/C20H15IN2O3/c21-14-10-11-16(22-19(25)13-6-2-1-3-7-13)15(12-14)20(26)23-17-8-4-5-9-18(17)24/h1-12,24H,(H,22,25)(H,23,26). The molecule has 0 heterocycles. The number of nitrogens with one attached hydrogen (secondary N) is 2. The minimum atomic E-state index is -0.423. The molecule has 130 valence electrons. The molecule has 0 spiro atoms. The van der Waals surface area contributed by atoms with Crippen molar-refractivity contribution in [1.29, 1.82) is 0 Å². The Morgan fingerprint density at radius 3 is 2.15 bits per heavy atom. The number of anilines is 2. The number of carbonyl (C=O) groups excluding carboxylic acids is 2. The third-order valence-electron chi connectivity index (χ3n) is 3.66. The molecule has 3 aromatic rings. The zero-order valence-electron chi connectivity index (χ0n) is 13.6. The smallest absolute Gasteiger partial charge is 0.257 e.